The van der Waals surface area contributed by atoms with Crippen molar-refractivity contribution in [2.45, 2.75) is 18.7 Å². The highest BCUT2D eigenvalue weighted by Gasteiger charge is 2.24. The lowest BCUT2D eigenvalue weighted by atomic mass is 10.2. The number of amides is 3. The third kappa shape index (κ3) is 5.26. The number of anilines is 1. The van der Waals surface area contributed by atoms with Gasteiger partial charge in [-0.25, -0.2) is 4.79 Å². The predicted molar refractivity (Wildman–Crippen MR) is 110 cm³/mol. The van der Waals surface area contributed by atoms with E-state index in [0.717, 1.165) is 10.6 Å². The van der Waals surface area contributed by atoms with Crippen LogP contribution in [0, 0.1) is 13.8 Å². The fourth-order valence-corrected chi connectivity index (χ4v) is 3.99. The summed E-state index contributed by atoms with van der Waals surface area (Å²) >= 11 is 1.58. The Kier molecular flexibility index (Phi) is 6.40. The van der Waals surface area contributed by atoms with Crippen LogP contribution in [0.5, 0.6) is 0 Å². The molecule has 5 nitrogen and oxygen atoms in total. The third-order valence-electron chi connectivity index (χ3n) is 4.63. The zero-order valence-electron chi connectivity index (χ0n) is 15.8. The molecule has 142 valence electrons. The Bertz CT molecular complexity index is 802. The molecule has 27 heavy (non-hydrogen) atoms. The lowest BCUT2D eigenvalue weighted by Gasteiger charge is -2.34. The maximum absolute atomic E-state index is 12.5. The fraction of sp³-hybridized carbons (Fsp3) is 0.333. The quantitative estimate of drug-likeness (QED) is 0.818. The molecule has 1 N–H and O–H groups in total. The van der Waals surface area contributed by atoms with Crippen LogP contribution in [-0.4, -0.2) is 53.7 Å². The number of nitrogens with one attached hydrogen (secondary N) is 1. The Morgan fingerprint density at radius 2 is 1.63 bits per heavy atom. The van der Waals surface area contributed by atoms with Crippen LogP contribution in [0.15, 0.2) is 53.4 Å². The molecule has 0 radical (unpaired) electrons. The van der Waals surface area contributed by atoms with Gasteiger partial charge in [-0.05, 0) is 37.6 Å². The summed E-state index contributed by atoms with van der Waals surface area (Å²) in [7, 11) is 0. The van der Waals surface area contributed by atoms with E-state index in [-0.39, 0.29) is 11.9 Å². The van der Waals surface area contributed by atoms with Crippen LogP contribution in [0.1, 0.15) is 11.1 Å². The highest BCUT2D eigenvalue weighted by molar-refractivity contribution is 8.00. The molecule has 1 aliphatic rings. The Morgan fingerprint density at radius 3 is 2.30 bits per heavy atom. The van der Waals surface area contributed by atoms with E-state index in [1.54, 1.807) is 16.7 Å². The molecule has 0 spiro atoms. The van der Waals surface area contributed by atoms with E-state index in [2.05, 4.69) is 37.4 Å². The Labute approximate surface area is 164 Å². The molecule has 6 heteroatoms. The van der Waals surface area contributed by atoms with Crippen molar-refractivity contribution in [3.8, 4) is 0 Å². The zero-order chi connectivity index (χ0) is 19.2. The van der Waals surface area contributed by atoms with Gasteiger partial charge in [0.25, 0.3) is 0 Å². The van der Waals surface area contributed by atoms with Gasteiger partial charge in [0.2, 0.25) is 5.91 Å². The van der Waals surface area contributed by atoms with Crippen LogP contribution >= 0.6 is 11.8 Å². The van der Waals surface area contributed by atoms with Gasteiger partial charge >= 0.3 is 6.03 Å². The van der Waals surface area contributed by atoms with Crippen LogP contribution in [0.2, 0.25) is 0 Å². The van der Waals surface area contributed by atoms with Crippen LogP contribution in [0.3, 0.4) is 0 Å². The first-order valence-corrected chi connectivity index (χ1v) is 10.1. The molecule has 0 unspecified atom stereocenters. The summed E-state index contributed by atoms with van der Waals surface area (Å²) in [6.45, 7) is 6.41. The summed E-state index contributed by atoms with van der Waals surface area (Å²) in [6.07, 6.45) is 0. The first-order valence-electron chi connectivity index (χ1n) is 9.12. The minimum atomic E-state index is -0.113. The summed E-state index contributed by atoms with van der Waals surface area (Å²) in [5.74, 6) is 0.559. The third-order valence-corrected chi connectivity index (χ3v) is 5.79. The van der Waals surface area contributed by atoms with E-state index < -0.39 is 0 Å². The van der Waals surface area contributed by atoms with Crippen molar-refractivity contribution in [2.75, 3.05) is 37.2 Å². The average molecular weight is 384 g/mol. The van der Waals surface area contributed by atoms with E-state index in [9.17, 15) is 9.59 Å². The highest BCUT2D eigenvalue weighted by atomic mass is 32.2. The minimum absolute atomic E-state index is 0.113. The van der Waals surface area contributed by atoms with E-state index >= 15 is 0 Å². The van der Waals surface area contributed by atoms with Crippen molar-refractivity contribution in [3.63, 3.8) is 0 Å². The number of urea groups is 1. The number of rotatable bonds is 4. The van der Waals surface area contributed by atoms with Gasteiger partial charge < -0.3 is 15.1 Å². The summed E-state index contributed by atoms with van der Waals surface area (Å²) in [4.78, 5) is 29.6. The molecule has 0 saturated carbocycles. The number of aryl methyl sites for hydroxylation is 2. The van der Waals surface area contributed by atoms with Gasteiger partial charge in [0, 0.05) is 36.8 Å². The fourth-order valence-electron chi connectivity index (χ4n) is 3.08. The lowest BCUT2D eigenvalue weighted by Crippen LogP contribution is -2.52. The molecule has 2 aromatic carbocycles. The molecule has 1 saturated heterocycles. The minimum Gasteiger partial charge on any atom is -0.338 e. The number of para-hydroxylation sites is 1. The molecule has 1 fully saturated rings. The molecule has 0 aliphatic carbocycles. The first kappa shape index (κ1) is 19.3. The Balaban J connectivity index is 1.45. The maximum atomic E-state index is 12.5. The van der Waals surface area contributed by atoms with E-state index in [4.69, 9.17) is 0 Å². The van der Waals surface area contributed by atoms with Crippen molar-refractivity contribution < 1.29 is 9.59 Å². The van der Waals surface area contributed by atoms with Gasteiger partial charge in [-0.15, -0.1) is 11.8 Å². The Hall–Kier alpha value is -2.47. The van der Waals surface area contributed by atoms with E-state index in [1.165, 1.54) is 11.1 Å². The van der Waals surface area contributed by atoms with Crippen LogP contribution in [0.4, 0.5) is 10.5 Å². The summed E-state index contributed by atoms with van der Waals surface area (Å²) < 4.78 is 0. The molecule has 0 bridgehead atoms. The van der Waals surface area contributed by atoms with Gasteiger partial charge in [-0.1, -0.05) is 35.9 Å². The van der Waals surface area contributed by atoms with Gasteiger partial charge in [-0.2, -0.15) is 0 Å². The Morgan fingerprint density at radius 1 is 0.963 bits per heavy atom. The first-order chi connectivity index (χ1) is 13.0. The monoisotopic (exact) mass is 383 g/mol. The number of hydrogen-bond acceptors (Lipinski definition) is 3. The van der Waals surface area contributed by atoms with Crippen LogP contribution in [-0.2, 0) is 4.79 Å². The van der Waals surface area contributed by atoms with Crippen molar-refractivity contribution in [1.82, 2.24) is 9.80 Å². The van der Waals surface area contributed by atoms with E-state index in [1.807, 2.05) is 35.2 Å². The molecule has 3 rings (SSSR count). The SMILES string of the molecule is Cc1ccc(SCC(=O)N2CCN(C(=O)Nc3ccccc3)CC2)c(C)c1. The molecular formula is C21H25N3O2S. The van der Waals surface area contributed by atoms with Crippen LogP contribution < -0.4 is 5.32 Å². The van der Waals surface area contributed by atoms with E-state index in [0.29, 0.717) is 31.9 Å². The van der Waals surface area contributed by atoms with Gasteiger partial charge in [0.05, 0.1) is 5.75 Å². The number of hydrogen-bond donors (Lipinski definition) is 1. The highest BCUT2D eigenvalue weighted by Crippen LogP contribution is 2.23. The van der Waals surface area contributed by atoms with Crippen molar-refractivity contribution >= 4 is 29.4 Å². The van der Waals surface area contributed by atoms with Crippen molar-refractivity contribution in [3.05, 3.63) is 59.7 Å². The number of carbonyl (C=O) groups excluding carboxylic acids is 2. The molecule has 1 aliphatic heterocycles. The number of benzene rings is 2. The summed E-state index contributed by atoms with van der Waals surface area (Å²) in [6, 6.07) is 15.6. The second kappa shape index (κ2) is 8.95. The number of piperazine rings is 1. The molecule has 0 aromatic heterocycles. The van der Waals surface area contributed by atoms with Crippen LogP contribution in [0.25, 0.3) is 0 Å². The lowest BCUT2D eigenvalue weighted by molar-refractivity contribution is -0.129. The number of thioether (sulfide) groups is 1. The second-order valence-electron chi connectivity index (χ2n) is 6.72. The number of nitrogens with zero attached hydrogens (tertiary/aromatic N) is 2. The van der Waals surface area contributed by atoms with Crippen molar-refractivity contribution in [2.24, 2.45) is 0 Å². The van der Waals surface area contributed by atoms with Crippen molar-refractivity contribution in [1.29, 1.82) is 0 Å². The number of carbonyl (C=O) groups is 2. The average Bonchev–Trinajstić information content (AvgIpc) is 2.68. The molecule has 1 heterocycles. The normalized spacial score (nSPS) is 14.1. The molecule has 2 aromatic rings. The predicted octanol–water partition coefficient (Wildman–Crippen LogP) is 3.77. The molecular weight excluding hydrogens is 358 g/mol. The smallest absolute Gasteiger partial charge is 0.321 e. The summed E-state index contributed by atoms with van der Waals surface area (Å²) in [5, 5.41) is 2.89. The topological polar surface area (TPSA) is 52.7 Å². The standard InChI is InChI=1S/C21H25N3O2S/c1-16-8-9-19(17(2)14-16)27-15-20(25)23-10-12-24(13-11-23)21(26)22-18-6-4-3-5-7-18/h3-9,14H,10-13,15H2,1-2H3,(H,22,26). The summed E-state index contributed by atoms with van der Waals surface area (Å²) in [5.41, 5.74) is 3.22. The maximum Gasteiger partial charge on any atom is 0.321 e. The largest absolute Gasteiger partial charge is 0.338 e. The van der Waals surface area contributed by atoms with Gasteiger partial charge in [0.1, 0.15) is 0 Å². The van der Waals surface area contributed by atoms with Gasteiger partial charge in [-0.3, -0.25) is 4.79 Å². The molecule has 3 amide bonds. The molecule has 0 atom stereocenters. The zero-order valence-corrected chi connectivity index (χ0v) is 16.6. The second-order valence-corrected chi connectivity index (χ2v) is 7.74. The van der Waals surface area contributed by atoms with Gasteiger partial charge in [0.15, 0.2) is 0 Å².